The maximum atomic E-state index is 11.9. The van der Waals surface area contributed by atoms with Gasteiger partial charge in [0.1, 0.15) is 5.75 Å². The van der Waals surface area contributed by atoms with E-state index in [-0.39, 0.29) is 29.9 Å². The Morgan fingerprint density at radius 2 is 1.77 bits per heavy atom. The van der Waals surface area contributed by atoms with Gasteiger partial charge in [-0.05, 0) is 55.2 Å². The number of amides is 1. The predicted molar refractivity (Wildman–Crippen MR) is 133 cm³/mol. The number of guanidine groups is 1. The summed E-state index contributed by atoms with van der Waals surface area (Å²) < 4.78 is 5.20. The minimum Gasteiger partial charge on any atom is -0.497 e. The predicted octanol–water partition coefficient (Wildman–Crippen LogP) is 3.74. The van der Waals surface area contributed by atoms with Gasteiger partial charge in [0.25, 0.3) is 0 Å². The van der Waals surface area contributed by atoms with Gasteiger partial charge in [-0.1, -0.05) is 24.3 Å². The van der Waals surface area contributed by atoms with Crippen LogP contribution < -0.4 is 20.3 Å². The molecule has 6 nitrogen and oxygen atoms in total. The Labute approximate surface area is 196 Å². The molecule has 1 amide bonds. The molecule has 30 heavy (non-hydrogen) atoms. The number of nitrogens with one attached hydrogen (secondary N) is 2. The molecule has 0 spiro atoms. The summed E-state index contributed by atoms with van der Waals surface area (Å²) in [5.41, 5.74) is 3.35. The molecule has 1 fully saturated rings. The molecule has 0 atom stereocenters. The molecular formula is C23H31IN4O2. The van der Waals surface area contributed by atoms with Crippen LogP contribution in [0.5, 0.6) is 5.75 Å². The van der Waals surface area contributed by atoms with Crippen molar-refractivity contribution in [1.29, 1.82) is 0 Å². The summed E-state index contributed by atoms with van der Waals surface area (Å²) in [7, 11) is 1.68. The van der Waals surface area contributed by atoms with Crippen molar-refractivity contribution in [3.05, 3.63) is 59.7 Å². The number of benzene rings is 2. The highest BCUT2D eigenvalue weighted by Crippen LogP contribution is 2.21. The molecule has 2 aromatic carbocycles. The fraction of sp³-hybridized carbons (Fsp3) is 0.391. The van der Waals surface area contributed by atoms with Gasteiger partial charge >= 0.3 is 0 Å². The lowest BCUT2D eigenvalue weighted by Crippen LogP contribution is -2.38. The summed E-state index contributed by atoms with van der Waals surface area (Å²) in [5, 5.41) is 6.67. The molecular weight excluding hydrogens is 491 g/mol. The van der Waals surface area contributed by atoms with Crippen molar-refractivity contribution in [2.45, 2.75) is 32.7 Å². The highest BCUT2D eigenvalue weighted by Gasteiger charge is 2.21. The van der Waals surface area contributed by atoms with Crippen molar-refractivity contribution in [1.82, 2.24) is 10.6 Å². The third-order valence-corrected chi connectivity index (χ3v) is 4.95. The Hall–Kier alpha value is -2.29. The van der Waals surface area contributed by atoms with Gasteiger partial charge in [-0.3, -0.25) is 4.79 Å². The number of nitrogens with zero attached hydrogens (tertiary/aromatic N) is 2. The van der Waals surface area contributed by atoms with E-state index in [4.69, 9.17) is 4.74 Å². The Morgan fingerprint density at radius 3 is 2.37 bits per heavy atom. The first kappa shape index (κ1) is 24.0. The van der Waals surface area contributed by atoms with Crippen LogP contribution in [0.25, 0.3) is 0 Å². The molecule has 1 heterocycles. The molecule has 3 rings (SSSR count). The molecule has 0 radical (unpaired) electrons. The van der Waals surface area contributed by atoms with E-state index in [1.165, 1.54) is 5.56 Å². The molecule has 2 aromatic rings. The average Bonchev–Trinajstić information content (AvgIpc) is 3.19. The quantitative estimate of drug-likeness (QED) is 0.315. The minimum atomic E-state index is 0. The highest BCUT2D eigenvalue weighted by atomic mass is 127. The summed E-state index contributed by atoms with van der Waals surface area (Å²) in [5.74, 6) is 1.89. The highest BCUT2D eigenvalue weighted by molar-refractivity contribution is 14.0. The second kappa shape index (κ2) is 12.4. The zero-order chi connectivity index (χ0) is 20.5. The molecule has 0 saturated carbocycles. The Bertz CT molecular complexity index is 822. The summed E-state index contributed by atoms with van der Waals surface area (Å²) >= 11 is 0. The first-order valence-corrected chi connectivity index (χ1v) is 10.2. The Morgan fingerprint density at radius 1 is 1.07 bits per heavy atom. The third kappa shape index (κ3) is 6.90. The maximum absolute atomic E-state index is 11.9. The van der Waals surface area contributed by atoms with Gasteiger partial charge < -0.3 is 20.3 Å². The molecule has 162 valence electrons. The van der Waals surface area contributed by atoms with E-state index < -0.39 is 0 Å². The molecule has 1 aliphatic heterocycles. The van der Waals surface area contributed by atoms with E-state index in [1.807, 2.05) is 41.3 Å². The zero-order valence-corrected chi connectivity index (χ0v) is 20.0. The van der Waals surface area contributed by atoms with E-state index in [0.29, 0.717) is 13.0 Å². The number of aliphatic imine (C=N–C) groups is 1. The number of methoxy groups -OCH3 is 1. The zero-order valence-electron chi connectivity index (χ0n) is 17.7. The summed E-state index contributed by atoms with van der Waals surface area (Å²) in [4.78, 5) is 18.4. The number of hydrogen-bond donors (Lipinski definition) is 2. The Kier molecular flexibility index (Phi) is 9.93. The number of hydrogen-bond acceptors (Lipinski definition) is 3. The number of carbonyl (C=O) groups is 1. The van der Waals surface area contributed by atoms with Crippen LogP contribution in [0.15, 0.2) is 53.5 Å². The second-order valence-corrected chi connectivity index (χ2v) is 7.04. The van der Waals surface area contributed by atoms with Gasteiger partial charge in [0.05, 0.1) is 13.7 Å². The SMILES string of the molecule is CCNC(=NCc1ccc(N2CCCC2=O)cc1)NCCc1ccc(OC)cc1.I. The lowest BCUT2D eigenvalue weighted by molar-refractivity contribution is -0.117. The summed E-state index contributed by atoms with van der Waals surface area (Å²) in [6, 6.07) is 16.2. The van der Waals surface area contributed by atoms with Crippen LogP contribution in [0.3, 0.4) is 0 Å². The monoisotopic (exact) mass is 522 g/mol. The fourth-order valence-electron chi connectivity index (χ4n) is 3.33. The first-order valence-electron chi connectivity index (χ1n) is 10.2. The van der Waals surface area contributed by atoms with Crippen molar-refractivity contribution in [3.63, 3.8) is 0 Å². The minimum absolute atomic E-state index is 0. The van der Waals surface area contributed by atoms with Crippen LogP contribution in [-0.4, -0.2) is 38.6 Å². The summed E-state index contributed by atoms with van der Waals surface area (Å²) in [6.45, 7) is 5.08. The lowest BCUT2D eigenvalue weighted by Gasteiger charge is -2.16. The molecule has 0 unspecified atom stereocenters. The normalized spacial score (nSPS) is 13.7. The lowest BCUT2D eigenvalue weighted by atomic mass is 10.1. The van der Waals surface area contributed by atoms with Crippen molar-refractivity contribution in [3.8, 4) is 5.75 Å². The van der Waals surface area contributed by atoms with Crippen LogP contribution in [-0.2, 0) is 17.8 Å². The van der Waals surface area contributed by atoms with E-state index in [9.17, 15) is 4.79 Å². The molecule has 0 bridgehead atoms. The van der Waals surface area contributed by atoms with Crippen molar-refractivity contribution in [2.75, 3.05) is 31.6 Å². The molecule has 7 heteroatoms. The van der Waals surface area contributed by atoms with Crippen molar-refractivity contribution in [2.24, 2.45) is 4.99 Å². The van der Waals surface area contributed by atoms with E-state index in [1.54, 1.807) is 7.11 Å². The smallest absolute Gasteiger partial charge is 0.227 e. The van der Waals surface area contributed by atoms with E-state index in [2.05, 4.69) is 34.7 Å². The third-order valence-electron chi connectivity index (χ3n) is 4.95. The van der Waals surface area contributed by atoms with Crippen LogP contribution in [0.2, 0.25) is 0 Å². The number of halogens is 1. The van der Waals surface area contributed by atoms with Crippen LogP contribution in [0.4, 0.5) is 5.69 Å². The van der Waals surface area contributed by atoms with Gasteiger partial charge in [-0.15, -0.1) is 24.0 Å². The van der Waals surface area contributed by atoms with Gasteiger partial charge in [-0.2, -0.15) is 0 Å². The van der Waals surface area contributed by atoms with Crippen molar-refractivity contribution < 1.29 is 9.53 Å². The van der Waals surface area contributed by atoms with Crippen molar-refractivity contribution >= 4 is 41.5 Å². The molecule has 1 aliphatic rings. The molecule has 0 aliphatic carbocycles. The molecule has 0 aromatic heterocycles. The van der Waals surface area contributed by atoms with Crippen LogP contribution in [0, 0.1) is 0 Å². The maximum Gasteiger partial charge on any atom is 0.227 e. The topological polar surface area (TPSA) is 66.0 Å². The standard InChI is InChI=1S/C23H30N4O2.HI/c1-3-24-23(25-15-14-18-8-12-21(29-2)13-9-18)26-17-19-6-10-20(11-7-19)27-16-4-5-22(27)28;/h6-13H,3-5,14-17H2,1-2H3,(H2,24,25,26);1H. The van der Waals surface area contributed by atoms with Gasteiger partial charge in [0.2, 0.25) is 5.91 Å². The van der Waals surface area contributed by atoms with E-state index in [0.717, 1.165) is 55.4 Å². The van der Waals surface area contributed by atoms with Gasteiger partial charge in [0, 0.05) is 31.7 Å². The van der Waals surface area contributed by atoms with Gasteiger partial charge in [0.15, 0.2) is 5.96 Å². The first-order chi connectivity index (χ1) is 14.2. The fourth-order valence-corrected chi connectivity index (χ4v) is 3.33. The van der Waals surface area contributed by atoms with Crippen LogP contribution >= 0.6 is 24.0 Å². The molecule has 1 saturated heterocycles. The van der Waals surface area contributed by atoms with E-state index >= 15 is 0 Å². The largest absolute Gasteiger partial charge is 0.497 e. The average molecular weight is 522 g/mol. The number of ether oxygens (including phenoxy) is 1. The van der Waals surface area contributed by atoms with Crippen LogP contribution in [0.1, 0.15) is 30.9 Å². The van der Waals surface area contributed by atoms with Gasteiger partial charge in [-0.25, -0.2) is 4.99 Å². The number of rotatable bonds is 8. The Balaban J connectivity index is 0.00000320. The molecule has 2 N–H and O–H groups in total. The number of anilines is 1. The number of carbonyl (C=O) groups excluding carboxylic acids is 1. The second-order valence-electron chi connectivity index (χ2n) is 7.04. The summed E-state index contributed by atoms with van der Waals surface area (Å²) in [6.07, 6.45) is 2.51.